The Labute approximate surface area is 132 Å². The molecule has 2 heterocycles. The number of ether oxygens (including phenoxy) is 2. The summed E-state index contributed by atoms with van der Waals surface area (Å²) in [6.45, 7) is 8.19. The maximum absolute atomic E-state index is 11.8. The zero-order valence-corrected chi connectivity index (χ0v) is 13.9. The maximum Gasteiger partial charge on any atom is 0.248 e. The number of hydrogen-bond donors (Lipinski definition) is 0. The van der Waals surface area contributed by atoms with Crippen molar-refractivity contribution < 1.29 is 14.3 Å². The summed E-state index contributed by atoms with van der Waals surface area (Å²) in [6, 6.07) is 0. The van der Waals surface area contributed by atoms with Gasteiger partial charge in [0.15, 0.2) is 0 Å². The van der Waals surface area contributed by atoms with Gasteiger partial charge in [-0.1, -0.05) is 0 Å². The summed E-state index contributed by atoms with van der Waals surface area (Å²) in [6.07, 6.45) is 1.86. The predicted octanol–water partition coefficient (Wildman–Crippen LogP) is 0.998. The zero-order valence-electron chi connectivity index (χ0n) is 13.9. The van der Waals surface area contributed by atoms with Crippen molar-refractivity contribution in [3.63, 3.8) is 0 Å². The van der Waals surface area contributed by atoms with Crippen molar-refractivity contribution in [3.05, 3.63) is 23.0 Å². The molecule has 0 aromatic carbocycles. The normalized spacial score (nSPS) is 15.9. The average Bonchev–Trinajstić information content (AvgIpc) is 2.51. The monoisotopic (exact) mass is 307 g/mol. The predicted molar refractivity (Wildman–Crippen MR) is 84.0 cm³/mol. The lowest BCUT2D eigenvalue weighted by molar-refractivity contribution is -0.136. The Balaban J connectivity index is 1.95. The van der Waals surface area contributed by atoms with Crippen molar-refractivity contribution in [2.45, 2.75) is 20.4 Å². The van der Waals surface area contributed by atoms with Gasteiger partial charge < -0.3 is 14.4 Å². The summed E-state index contributed by atoms with van der Waals surface area (Å²) in [5, 5.41) is 0. The van der Waals surface area contributed by atoms with Crippen molar-refractivity contribution in [2.24, 2.45) is 0 Å². The lowest BCUT2D eigenvalue weighted by Crippen LogP contribution is -2.49. The van der Waals surface area contributed by atoms with Crippen LogP contribution >= 0.6 is 0 Å². The van der Waals surface area contributed by atoms with Crippen LogP contribution in [0.3, 0.4) is 0 Å². The highest BCUT2D eigenvalue weighted by molar-refractivity contribution is 5.77. The van der Waals surface area contributed by atoms with Crippen LogP contribution in [0.2, 0.25) is 0 Å². The first-order chi connectivity index (χ1) is 10.6. The molecule has 0 bridgehead atoms. The number of carbonyl (C=O) groups excluding carboxylic acids is 1. The third-order valence-electron chi connectivity index (χ3n) is 4.12. The maximum atomic E-state index is 11.8. The van der Waals surface area contributed by atoms with Gasteiger partial charge in [0.2, 0.25) is 5.91 Å². The molecule has 0 aliphatic carbocycles. The molecule has 0 unspecified atom stereocenters. The van der Waals surface area contributed by atoms with E-state index >= 15 is 0 Å². The fraction of sp³-hybridized carbons (Fsp3) is 0.625. The van der Waals surface area contributed by atoms with Crippen molar-refractivity contribution >= 4 is 5.91 Å². The molecule has 6 heteroatoms. The minimum absolute atomic E-state index is 0.0634. The molecule has 1 aromatic heterocycles. The van der Waals surface area contributed by atoms with Gasteiger partial charge >= 0.3 is 0 Å². The number of nitrogens with zero attached hydrogens (tertiary/aromatic N) is 3. The van der Waals surface area contributed by atoms with Crippen LogP contribution in [0.5, 0.6) is 5.75 Å². The van der Waals surface area contributed by atoms with Crippen LogP contribution < -0.4 is 4.74 Å². The van der Waals surface area contributed by atoms with Crippen LogP contribution in [0.1, 0.15) is 16.8 Å². The second-order valence-corrected chi connectivity index (χ2v) is 5.64. The van der Waals surface area contributed by atoms with E-state index in [1.807, 2.05) is 24.9 Å². The fourth-order valence-electron chi connectivity index (χ4n) is 2.81. The number of aryl methyl sites for hydroxylation is 1. The van der Waals surface area contributed by atoms with Crippen molar-refractivity contribution in [1.82, 2.24) is 14.8 Å². The van der Waals surface area contributed by atoms with Gasteiger partial charge in [0.1, 0.15) is 12.4 Å². The second-order valence-electron chi connectivity index (χ2n) is 5.64. The van der Waals surface area contributed by atoms with Crippen LogP contribution in [0.25, 0.3) is 0 Å². The van der Waals surface area contributed by atoms with Crippen LogP contribution in [0.15, 0.2) is 6.20 Å². The van der Waals surface area contributed by atoms with E-state index in [1.54, 1.807) is 14.2 Å². The van der Waals surface area contributed by atoms with Crippen LogP contribution in [0.4, 0.5) is 0 Å². The first kappa shape index (κ1) is 16.7. The molecule has 22 heavy (non-hydrogen) atoms. The van der Waals surface area contributed by atoms with E-state index in [0.717, 1.165) is 55.3 Å². The van der Waals surface area contributed by atoms with E-state index in [-0.39, 0.29) is 12.5 Å². The van der Waals surface area contributed by atoms with Gasteiger partial charge in [0.05, 0.1) is 12.8 Å². The molecule has 1 amide bonds. The van der Waals surface area contributed by atoms with Gasteiger partial charge in [-0.15, -0.1) is 0 Å². The number of amides is 1. The van der Waals surface area contributed by atoms with E-state index in [1.165, 1.54) is 0 Å². The van der Waals surface area contributed by atoms with Crippen LogP contribution in [0, 0.1) is 13.8 Å². The van der Waals surface area contributed by atoms with Gasteiger partial charge in [-0.3, -0.25) is 14.7 Å². The number of carbonyl (C=O) groups is 1. The number of aromatic nitrogens is 1. The molecule has 6 nitrogen and oxygen atoms in total. The van der Waals surface area contributed by atoms with E-state index in [4.69, 9.17) is 9.47 Å². The second kappa shape index (κ2) is 7.56. The Morgan fingerprint density at radius 3 is 2.50 bits per heavy atom. The first-order valence-corrected chi connectivity index (χ1v) is 7.55. The molecule has 2 rings (SSSR count). The Hall–Kier alpha value is -1.66. The number of piperazine rings is 1. The van der Waals surface area contributed by atoms with E-state index in [2.05, 4.69) is 9.88 Å². The van der Waals surface area contributed by atoms with Crippen LogP contribution in [-0.4, -0.2) is 67.7 Å². The number of methoxy groups -OCH3 is 2. The molecule has 1 saturated heterocycles. The van der Waals surface area contributed by atoms with E-state index < -0.39 is 0 Å². The first-order valence-electron chi connectivity index (χ1n) is 7.55. The molecule has 1 aliphatic heterocycles. The largest absolute Gasteiger partial charge is 0.496 e. The van der Waals surface area contributed by atoms with Gasteiger partial charge in [0.25, 0.3) is 0 Å². The fourth-order valence-corrected chi connectivity index (χ4v) is 2.81. The molecular weight excluding hydrogens is 282 g/mol. The van der Waals surface area contributed by atoms with Gasteiger partial charge in [-0.2, -0.15) is 0 Å². The summed E-state index contributed by atoms with van der Waals surface area (Å²) in [5.74, 6) is 0.979. The van der Waals surface area contributed by atoms with Crippen molar-refractivity contribution in [2.75, 3.05) is 47.0 Å². The summed E-state index contributed by atoms with van der Waals surface area (Å²) in [7, 11) is 3.24. The lowest BCUT2D eigenvalue weighted by atomic mass is 10.1. The Bertz CT molecular complexity index is 526. The number of rotatable bonds is 5. The molecule has 0 atom stereocenters. The van der Waals surface area contributed by atoms with Crippen molar-refractivity contribution in [1.29, 1.82) is 0 Å². The van der Waals surface area contributed by atoms with Crippen LogP contribution in [-0.2, 0) is 16.1 Å². The molecule has 122 valence electrons. The summed E-state index contributed by atoms with van der Waals surface area (Å²) in [4.78, 5) is 20.5. The Morgan fingerprint density at radius 2 is 1.91 bits per heavy atom. The third-order valence-corrected chi connectivity index (χ3v) is 4.12. The molecule has 0 saturated carbocycles. The lowest BCUT2D eigenvalue weighted by Gasteiger charge is -2.34. The standard InChI is InChI=1S/C16H25N3O3/c1-12-9-17-14(13(2)16(12)22-4)10-18-5-7-19(8-6-18)15(20)11-21-3/h9H,5-8,10-11H2,1-4H3. The van der Waals surface area contributed by atoms with Gasteiger partial charge in [0, 0.05) is 57.2 Å². The highest BCUT2D eigenvalue weighted by Crippen LogP contribution is 2.24. The summed E-state index contributed by atoms with van der Waals surface area (Å²) >= 11 is 0. The minimum Gasteiger partial charge on any atom is -0.496 e. The molecule has 0 radical (unpaired) electrons. The summed E-state index contributed by atoms with van der Waals surface area (Å²) in [5.41, 5.74) is 3.19. The van der Waals surface area contributed by atoms with Gasteiger partial charge in [-0.25, -0.2) is 0 Å². The molecular formula is C16H25N3O3. The Kier molecular flexibility index (Phi) is 5.74. The molecule has 1 aliphatic rings. The highest BCUT2D eigenvalue weighted by Gasteiger charge is 2.22. The van der Waals surface area contributed by atoms with Gasteiger partial charge in [-0.05, 0) is 13.8 Å². The molecule has 0 N–H and O–H groups in total. The minimum atomic E-state index is 0.0634. The highest BCUT2D eigenvalue weighted by atomic mass is 16.5. The van der Waals surface area contributed by atoms with Crippen molar-refractivity contribution in [3.8, 4) is 5.75 Å². The molecule has 0 spiro atoms. The molecule has 1 fully saturated rings. The van der Waals surface area contributed by atoms with E-state index in [0.29, 0.717) is 0 Å². The van der Waals surface area contributed by atoms with E-state index in [9.17, 15) is 4.79 Å². The Morgan fingerprint density at radius 1 is 1.23 bits per heavy atom. The smallest absolute Gasteiger partial charge is 0.248 e. The SMILES string of the molecule is COCC(=O)N1CCN(Cc2ncc(C)c(OC)c2C)CC1. The molecule has 1 aromatic rings. The number of hydrogen-bond acceptors (Lipinski definition) is 5. The zero-order chi connectivity index (χ0) is 16.1. The average molecular weight is 307 g/mol. The summed E-state index contributed by atoms with van der Waals surface area (Å²) < 4.78 is 10.4. The third kappa shape index (κ3) is 3.75. The number of pyridine rings is 1. The quantitative estimate of drug-likeness (QED) is 0.812. The topological polar surface area (TPSA) is 54.9 Å².